The van der Waals surface area contributed by atoms with Crippen LogP contribution in [0.5, 0.6) is 11.5 Å². The number of ether oxygens (including phenoxy) is 1. The Morgan fingerprint density at radius 1 is 1.10 bits per heavy atom. The van der Waals surface area contributed by atoms with Crippen molar-refractivity contribution >= 4 is 0 Å². The molecule has 0 aliphatic heterocycles. The number of aliphatic hydroxyl groups is 1. The molecule has 0 aliphatic carbocycles. The molecule has 2 aromatic carbocycles. The van der Waals surface area contributed by atoms with E-state index in [1.165, 1.54) is 6.07 Å². The van der Waals surface area contributed by atoms with Crippen LogP contribution in [-0.4, -0.2) is 5.11 Å². The molecule has 0 aliphatic rings. The van der Waals surface area contributed by atoms with Gasteiger partial charge in [-0.05, 0) is 43.0 Å². The summed E-state index contributed by atoms with van der Waals surface area (Å²) in [5.74, 6) is 0.609. The molecule has 0 saturated heterocycles. The van der Waals surface area contributed by atoms with Gasteiger partial charge >= 0.3 is 0 Å². The summed E-state index contributed by atoms with van der Waals surface area (Å²) >= 11 is 0. The summed E-state index contributed by atoms with van der Waals surface area (Å²) in [6.07, 6.45) is -0.788. The Labute approximate surface area is 125 Å². The van der Waals surface area contributed by atoms with Crippen LogP contribution < -0.4 is 4.74 Å². The predicted molar refractivity (Wildman–Crippen MR) is 82.4 cm³/mol. The summed E-state index contributed by atoms with van der Waals surface area (Å²) < 4.78 is 19.8. The molecule has 0 spiro atoms. The third kappa shape index (κ3) is 3.42. The topological polar surface area (TPSA) is 29.5 Å². The van der Waals surface area contributed by atoms with Crippen LogP contribution in [0.4, 0.5) is 4.39 Å². The SMILES string of the molecule is Cc1ccc(C(C)C)cc1Oc1c(F)cccc1[C@H](C)O. The molecule has 0 bridgehead atoms. The number of rotatable bonds is 4. The summed E-state index contributed by atoms with van der Waals surface area (Å²) in [5.41, 5.74) is 2.51. The number of hydrogen-bond acceptors (Lipinski definition) is 2. The minimum atomic E-state index is -0.788. The maximum Gasteiger partial charge on any atom is 0.168 e. The quantitative estimate of drug-likeness (QED) is 0.847. The van der Waals surface area contributed by atoms with Gasteiger partial charge < -0.3 is 9.84 Å². The maximum absolute atomic E-state index is 14.1. The van der Waals surface area contributed by atoms with Crippen molar-refractivity contribution in [1.82, 2.24) is 0 Å². The highest BCUT2D eigenvalue weighted by atomic mass is 19.1. The first kappa shape index (κ1) is 15.5. The van der Waals surface area contributed by atoms with Crippen LogP contribution in [-0.2, 0) is 0 Å². The fourth-order valence-electron chi connectivity index (χ4n) is 2.16. The fourth-order valence-corrected chi connectivity index (χ4v) is 2.16. The van der Waals surface area contributed by atoms with Crippen LogP contribution in [0.3, 0.4) is 0 Å². The van der Waals surface area contributed by atoms with Crippen LogP contribution >= 0.6 is 0 Å². The zero-order valence-corrected chi connectivity index (χ0v) is 12.9. The van der Waals surface area contributed by atoms with E-state index in [2.05, 4.69) is 13.8 Å². The third-order valence-corrected chi connectivity index (χ3v) is 3.54. The van der Waals surface area contributed by atoms with Gasteiger partial charge in [-0.15, -0.1) is 0 Å². The second kappa shape index (κ2) is 6.27. The standard InChI is InChI=1S/C18H21FO2/c1-11(2)14-9-8-12(3)17(10-14)21-18-15(13(4)20)6-5-7-16(18)19/h5-11,13,20H,1-4H3/t13-/m0/s1. The Bertz CT molecular complexity index is 633. The average Bonchev–Trinajstić information content (AvgIpc) is 2.42. The molecule has 0 radical (unpaired) electrons. The van der Waals surface area contributed by atoms with Gasteiger partial charge in [-0.2, -0.15) is 0 Å². The zero-order chi connectivity index (χ0) is 15.6. The molecule has 1 N–H and O–H groups in total. The fraction of sp³-hybridized carbons (Fsp3) is 0.333. The number of para-hydroxylation sites is 1. The molecule has 2 nitrogen and oxygen atoms in total. The lowest BCUT2D eigenvalue weighted by Crippen LogP contribution is -2.00. The molecule has 2 aromatic rings. The van der Waals surface area contributed by atoms with Gasteiger partial charge in [0.2, 0.25) is 0 Å². The molecule has 0 aromatic heterocycles. The van der Waals surface area contributed by atoms with Crippen molar-refractivity contribution in [2.24, 2.45) is 0 Å². The molecule has 0 saturated carbocycles. The van der Waals surface area contributed by atoms with Gasteiger partial charge in [0.05, 0.1) is 6.10 Å². The third-order valence-electron chi connectivity index (χ3n) is 3.54. The number of benzene rings is 2. The van der Waals surface area contributed by atoms with E-state index in [4.69, 9.17) is 4.74 Å². The first-order valence-electron chi connectivity index (χ1n) is 7.15. The van der Waals surface area contributed by atoms with Gasteiger partial charge in [-0.3, -0.25) is 0 Å². The van der Waals surface area contributed by atoms with Gasteiger partial charge in [0.15, 0.2) is 11.6 Å². The van der Waals surface area contributed by atoms with Crippen molar-refractivity contribution in [3.8, 4) is 11.5 Å². The van der Waals surface area contributed by atoms with E-state index in [-0.39, 0.29) is 5.75 Å². The number of aliphatic hydroxyl groups excluding tert-OH is 1. The maximum atomic E-state index is 14.1. The summed E-state index contributed by atoms with van der Waals surface area (Å²) in [6.45, 7) is 7.71. The molecule has 21 heavy (non-hydrogen) atoms. The minimum Gasteiger partial charge on any atom is -0.454 e. The summed E-state index contributed by atoms with van der Waals surface area (Å²) in [7, 11) is 0. The van der Waals surface area contributed by atoms with E-state index in [1.807, 2.05) is 25.1 Å². The highest BCUT2D eigenvalue weighted by Gasteiger charge is 2.16. The lowest BCUT2D eigenvalue weighted by atomic mass is 10.0. The molecule has 1 atom stereocenters. The summed E-state index contributed by atoms with van der Waals surface area (Å²) in [5, 5.41) is 9.77. The van der Waals surface area contributed by atoms with E-state index >= 15 is 0 Å². The van der Waals surface area contributed by atoms with Crippen LogP contribution in [0.1, 0.15) is 49.5 Å². The lowest BCUT2D eigenvalue weighted by molar-refractivity contribution is 0.194. The monoisotopic (exact) mass is 288 g/mol. The van der Waals surface area contributed by atoms with E-state index in [0.717, 1.165) is 11.1 Å². The second-order valence-corrected chi connectivity index (χ2v) is 5.62. The normalized spacial score (nSPS) is 12.5. The lowest BCUT2D eigenvalue weighted by Gasteiger charge is -2.16. The predicted octanol–water partition coefficient (Wildman–Crippen LogP) is 5.10. The van der Waals surface area contributed by atoms with Gasteiger partial charge in [0.25, 0.3) is 0 Å². The van der Waals surface area contributed by atoms with Crippen molar-refractivity contribution < 1.29 is 14.2 Å². The van der Waals surface area contributed by atoms with Crippen LogP contribution in [0.2, 0.25) is 0 Å². The molecule has 0 amide bonds. The average molecular weight is 288 g/mol. The molecule has 0 unspecified atom stereocenters. The Hall–Kier alpha value is -1.87. The Balaban J connectivity index is 2.45. The van der Waals surface area contributed by atoms with Gasteiger partial charge in [0.1, 0.15) is 5.75 Å². The van der Waals surface area contributed by atoms with Crippen LogP contribution in [0.25, 0.3) is 0 Å². The van der Waals surface area contributed by atoms with Crippen molar-refractivity contribution in [1.29, 1.82) is 0 Å². The Morgan fingerprint density at radius 3 is 2.43 bits per heavy atom. The molecule has 112 valence electrons. The number of hydrogen-bond donors (Lipinski definition) is 1. The second-order valence-electron chi connectivity index (χ2n) is 5.62. The molecule has 2 rings (SSSR count). The summed E-state index contributed by atoms with van der Waals surface area (Å²) in [4.78, 5) is 0. The van der Waals surface area contributed by atoms with E-state index in [0.29, 0.717) is 17.2 Å². The van der Waals surface area contributed by atoms with Gasteiger partial charge in [-0.25, -0.2) is 4.39 Å². The highest BCUT2D eigenvalue weighted by molar-refractivity contribution is 5.44. The minimum absolute atomic E-state index is 0.0940. The number of aryl methyl sites for hydroxylation is 1. The van der Waals surface area contributed by atoms with Crippen molar-refractivity contribution in [2.75, 3.05) is 0 Å². The van der Waals surface area contributed by atoms with Gasteiger partial charge in [0, 0.05) is 5.56 Å². The molecular formula is C18H21FO2. The van der Waals surface area contributed by atoms with Crippen molar-refractivity contribution in [2.45, 2.75) is 39.7 Å². The van der Waals surface area contributed by atoms with Crippen LogP contribution in [0.15, 0.2) is 36.4 Å². The van der Waals surface area contributed by atoms with Crippen molar-refractivity contribution in [3.63, 3.8) is 0 Å². The first-order chi connectivity index (χ1) is 9.90. The van der Waals surface area contributed by atoms with Crippen molar-refractivity contribution in [3.05, 3.63) is 58.9 Å². The summed E-state index contributed by atoms with van der Waals surface area (Å²) in [6, 6.07) is 10.5. The van der Waals surface area contributed by atoms with E-state index in [1.54, 1.807) is 19.1 Å². The number of halogens is 1. The first-order valence-corrected chi connectivity index (χ1v) is 7.15. The largest absolute Gasteiger partial charge is 0.454 e. The van der Waals surface area contributed by atoms with Crippen LogP contribution in [0, 0.1) is 12.7 Å². The Kier molecular flexibility index (Phi) is 4.63. The zero-order valence-electron chi connectivity index (χ0n) is 12.9. The van der Waals surface area contributed by atoms with E-state index < -0.39 is 11.9 Å². The highest BCUT2D eigenvalue weighted by Crippen LogP contribution is 2.34. The van der Waals surface area contributed by atoms with Gasteiger partial charge in [-0.1, -0.05) is 38.1 Å². The molecule has 3 heteroatoms. The molecule has 0 heterocycles. The Morgan fingerprint density at radius 2 is 1.81 bits per heavy atom. The molecular weight excluding hydrogens is 267 g/mol. The smallest absolute Gasteiger partial charge is 0.168 e. The van der Waals surface area contributed by atoms with E-state index in [9.17, 15) is 9.50 Å². The molecule has 0 fully saturated rings.